The van der Waals surface area contributed by atoms with E-state index in [0.717, 1.165) is 25.8 Å². The molecule has 1 aliphatic carbocycles. The van der Waals surface area contributed by atoms with Crippen LogP contribution in [0.2, 0.25) is 0 Å². The van der Waals surface area contributed by atoms with Crippen LogP contribution in [0.3, 0.4) is 0 Å². The van der Waals surface area contributed by atoms with Gasteiger partial charge in [-0.05, 0) is 31.6 Å². The summed E-state index contributed by atoms with van der Waals surface area (Å²) in [4.78, 5) is 26.9. The van der Waals surface area contributed by atoms with Gasteiger partial charge in [0.05, 0.1) is 0 Å². The van der Waals surface area contributed by atoms with Crippen molar-refractivity contribution in [2.75, 3.05) is 20.1 Å². The molecule has 5 nitrogen and oxygen atoms in total. The van der Waals surface area contributed by atoms with Crippen molar-refractivity contribution in [3.05, 3.63) is 0 Å². The van der Waals surface area contributed by atoms with Gasteiger partial charge in [0.15, 0.2) is 0 Å². The summed E-state index contributed by atoms with van der Waals surface area (Å²) in [6.07, 6.45) is 6.27. The molecule has 5 heteroatoms. The third-order valence-corrected chi connectivity index (χ3v) is 4.17. The minimum atomic E-state index is -0.802. The average molecular weight is 298 g/mol. The summed E-state index contributed by atoms with van der Waals surface area (Å²) >= 11 is 0. The van der Waals surface area contributed by atoms with E-state index in [1.807, 2.05) is 4.90 Å². The van der Waals surface area contributed by atoms with E-state index in [-0.39, 0.29) is 12.5 Å². The van der Waals surface area contributed by atoms with Crippen molar-refractivity contribution in [2.45, 2.75) is 64.8 Å². The standard InChI is InChI=1S/C16H30N2O3/c1-13(2)10-12-18(14-7-4-5-8-14)16(21)17(3)11-6-9-15(19)20/h13-14H,4-12H2,1-3H3,(H,19,20). The van der Waals surface area contributed by atoms with Gasteiger partial charge in [0.2, 0.25) is 0 Å². The van der Waals surface area contributed by atoms with Gasteiger partial charge in [-0.15, -0.1) is 0 Å². The zero-order chi connectivity index (χ0) is 15.8. The Morgan fingerprint density at radius 3 is 2.33 bits per heavy atom. The fraction of sp³-hybridized carbons (Fsp3) is 0.875. The Bertz CT molecular complexity index is 338. The summed E-state index contributed by atoms with van der Waals surface area (Å²) in [5, 5.41) is 8.68. The quantitative estimate of drug-likeness (QED) is 0.748. The van der Waals surface area contributed by atoms with Crippen LogP contribution in [0.5, 0.6) is 0 Å². The molecule has 0 aromatic carbocycles. The zero-order valence-corrected chi connectivity index (χ0v) is 13.7. The van der Waals surface area contributed by atoms with Gasteiger partial charge in [-0.25, -0.2) is 4.79 Å². The van der Waals surface area contributed by atoms with Gasteiger partial charge in [-0.2, -0.15) is 0 Å². The number of hydrogen-bond acceptors (Lipinski definition) is 2. The Labute approximate surface area is 128 Å². The molecule has 0 saturated heterocycles. The first-order chi connectivity index (χ1) is 9.91. The highest BCUT2D eigenvalue weighted by Crippen LogP contribution is 2.25. The Balaban J connectivity index is 2.54. The molecule has 0 spiro atoms. The van der Waals surface area contributed by atoms with E-state index < -0.39 is 5.97 Å². The summed E-state index contributed by atoms with van der Waals surface area (Å²) < 4.78 is 0. The van der Waals surface area contributed by atoms with Crippen LogP contribution in [-0.2, 0) is 4.79 Å². The molecule has 1 aliphatic rings. The van der Waals surface area contributed by atoms with Crippen molar-refractivity contribution in [2.24, 2.45) is 5.92 Å². The first-order valence-corrected chi connectivity index (χ1v) is 8.15. The molecule has 1 N–H and O–H groups in total. The van der Waals surface area contributed by atoms with Crippen molar-refractivity contribution >= 4 is 12.0 Å². The molecule has 0 atom stereocenters. The van der Waals surface area contributed by atoms with Gasteiger partial charge in [0.1, 0.15) is 0 Å². The third-order valence-electron chi connectivity index (χ3n) is 4.17. The lowest BCUT2D eigenvalue weighted by atomic mass is 10.1. The summed E-state index contributed by atoms with van der Waals surface area (Å²) in [7, 11) is 1.78. The van der Waals surface area contributed by atoms with Crippen molar-refractivity contribution in [1.29, 1.82) is 0 Å². The van der Waals surface area contributed by atoms with Crippen LogP contribution in [0.4, 0.5) is 4.79 Å². The molecular weight excluding hydrogens is 268 g/mol. The fourth-order valence-electron chi connectivity index (χ4n) is 2.83. The number of hydrogen-bond donors (Lipinski definition) is 1. The first-order valence-electron chi connectivity index (χ1n) is 8.15. The number of carbonyl (C=O) groups is 2. The van der Waals surface area contributed by atoms with Gasteiger partial charge in [0, 0.05) is 32.6 Å². The minimum Gasteiger partial charge on any atom is -0.481 e. The maximum atomic E-state index is 12.6. The van der Waals surface area contributed by atoms with E-state index in [9.17, 15) is 9.59 Å². The smallest absolute Gasteiger partial charge is 0.319 e. The lowest BCUT2D eigenvalue weighted by molar-refractivity contribution is -0.137. The van der Waals surface area contributed by atoms with Crippen LogP contribution in [0.1, 0.15) is 58.8 Å². The number of rotatable bonds is 8. The second-order valence-electron chi connectivity index (χ2n) is 6.52. The Morgan fingerprint density at radius 2 is 1.81 bits per heavy atom. The number of carboxylic acid groups (broad SMARTS) is 1. The van der Waals surface area contributed by atoms with Crippen LogP contribution >= 0.6 is 0 Å². The van der Waals surface area contributed by atoms with Crippen molar-refractivity contribution < 1.29 is 14.7 Å². The molecule has 122 valence electrons. The predicted octanol–water partition coefficient (Wildman–Crippen LogP) is 3.19. The SMILES string of the molecule is CC(C)CCN(C(=O)N(C)CCCC(=O)O)C1CCCC1. The highest BCUT2D eigenvalue weighted by molar-refractivity contribution is 5.74. The van der Waals surface area contributed by atoms with Gasteiger partial charge in [0.25, 0.3) is 0 Å². The lowest BCUT2D eigenvalue weighted by Crippen LogP contribution is -2.47. The summed E-state index contributed by atoms with van der Waals surface area (Å²) in [5.74, 6) is -0.220. The van der Waals surface area contributed by atoms with E-state index in [1.165, 1.54) is 12.8 Å². The molecular formula is C16H30N2O3. The number of urea groups is 1. The Hall–Kier alpha value is -1.26. The van der Waals surface area contributed by atoms with Crippen molar-refractivity contribution in [1.82, 2.24) is 9.80 Å². The van der Waals surface area contributed by atoms with Gasteiger partial charge in [-0.1, -0.05) is 26.7 Å². The monoisotopic (exact) mass is 298 g/mol. The summed E-state index contributed by atoms with van der Waals surface area (Å²) in [6.45, 7) is 5.67. The number of aliphatic carboxylic acids is 1. The largest absolute Gasteiger partial charge is 0.481 e. The van der Waals surface area contributed by atoms with Gasteiger partial charge >= 0.3 is 12.0 Å². The van der Waals surface area contributed by atoms with E-state index in [4.69, 9.17) is 5.11 Å². The highest BCUT2D eigenvalue weighted by atomic mass is 16.4. The molecule has 0 aromatic rings. The lowest BCUT2D eigenvalue weighted by Gasteiger charge is -2.33. The maximum Gasteiger partial charge on any atom is 0.319 e. The molecule has 0 unspecified atom stereocenters. The Kier molecular flexibility index (Phi) is 7.54. The molecule has 1 rings (SSSR count). The molecule has 2 amide bonds. The molecule has 0 aliphatic heterocycles. The number of carbonyl (C=O) groups excluding carboxylic acids is 1. The van der Waals surface area contributed by atoms with E-state index in [2.05, 4.69) is 13.8 Å². The predicted molar refractivity (Wildman–Crippen MR) is 83.3 cm³/mol. The van der Waals surface area contributed by atoms with E-state index in [0.29, 0.717) is 24.9 Å². The summed E-state index contributed by atoms with van der Waals surface area (Å²) in [5.41, 5.74) is 0. The maximum absolute atomic E-state index is 12.6. The normalized spacial score (nSPS) is 15.4. The van der Waals surface area contributed by atoms with Crippen LogP contribution in [0, 0.1) is 5.92 Å². The molecule has 0 heterocycles. The number of nitrogens with zero attached hydrogens (tertiary/aromatic N) is 2. The first kappa shape index (κ1) is 17.8. The van der Waals surface area contributed by atoms with Crippen LogP contribution in [0.25, 0.3) is 0 Å². The molecule has 0 aromatic heterocycles. The van der Waals surface area contributed by atoms with Gasteiger partial charge < -0.3 is 14.9 Å². The average Bonchev–Trinajstić information content (AvgIpc) is 2.91. The van der Waals surface area contributed by atoms with Gasteiger partial charge in [-0.3, -0.25) is 4.79 Å². The molecule has 1 saturated carbocycles. The minimum absolute atomic E-state index is 0.0629. The van der Waals surface area contributed by atoms with E-state index >= 15 is 0 Å². The molecule has 1 fully saturated rings. The molecule has 21 heavy (non-hydrogen) atoms. The topological polar surface area (TPSA) is 60.9 Å². The third kappa shape index (κ3) is 6.36. The molecule has 0 radical (unpaired) electrons. The fourth-order valence-corrected chi connectivity index (χ4v) is 2.83. The van der Waals surface area contributed by atoms with Crippen molar-refractivity contribution in [3.63, 3.8) is 0 Å². The number of amides is 2. The highest BCUT2D eigenvalue weighted by Gasteiger charge is 2.28. The van der Waals surface area contributed by atoms with Crippen LogP contribution < -0.4 is 0 Å². The zero-order valence-electron chi connectivity index (χ0n) is 13.7. The molecule has 0 bridgehead atoms. The van der Waals surface area contributed by atoms with Crippen LogP contribution in [-0.4, -0.2) is 53.1 Å². The van der Waals surface area contributed by atoms with E-state index in [1.54, 1.807) is 11.9 Å². The number of carboxylic acids is 1. The second-order valence-corrected chi connectivity index (χ2v) is 6.52. The second kappa shape index (κ2) is 8.90. The van der Waals surface area contributed by atoms with Crippen molar-refractivity contribution in [3.8, 4) is 0 Å². The Morgan fingerprint density at radius 1 is 1.19 bits per heavy atom. The van der Waals surface area contributed by atoms with Crippen LogP contribution in [0.15, 0.2) is 0 Å². The summed E-state index contributed by atoms with van der Waals surface area (Å²) in [6, 6.07) is 0.436.